The highest BCUT2D eigenvalue weighted by Gasteiger charge is 2.27. The van der Waals surface area contributed by atoms with Gasteiger partial charge >= 0.3 is 5.97 Å². The van der Waals surface area contributed by atoms with Crippen molar-refractivity contribution in [2.24, 2.45) is 0 Å². The first kappa shape index (κ1) is 17.7. The molecule has 1 N–H and O–H groups in total. The zero-order chi connectivity index (χ0) is 17.5. The van der Waals surface area contributed by atoms with Crippen LogP contribution in [0.1, 0.15) is 37.8 Å². The number of carbonyl (C=O) groups is 4. The fourth-order valence-electron chi connectivity index (χ4n) is 2.54. The van der Waals surface area contributed by atoms with E-state index < -0.39 is 24.5 Å². The van der Waals surface area contributed by atoms with Gasteiger partial charge in [0.2, 0.25) is 11.8 Å². The summed E-state index contributed by atoms with van der Waals surface area (Å²) in [6.45, 7) is 1.27. The molecule has 1 atom stereocenters. The second-order valence-corrected chi connectivity index (χ2v) is 5.57. The van der Waals surface area contributed by atoms with Crippen LogP contribution in [0.3, 0.4) is 0 Å². The summed E-state index contributed by atoms with van der Waals surface area (Å²) in [7, 11) is 0. The van der Waals surface area contributed by atoms with Crippen molar-refractivity contribution in [2.75, 3.05) is 13.2 Å². The molecule has 24 heavy (non-hydrogen) atoms. The number of nitrogens with one attached hydrogen (secondary N) is 1. The lowest BCUT2D eigenvalue weighted by atomic mass is 10.0. The third-order valence-electron chi connectivity index (χ3n) is 3.68. The lowest BCUT2D eigenvalue weighted by Crippen LogP contribution is -2.36. The van der Waals surface area contributed by atoms with E-state index in [2.05, 4.69) is 5.32 Å². The molecule has 1 aliphatic rings. The minimum atomic E-state index is -0.613. The van der Waals surface area contributed by atoms with Gasteiger partial charge < -0.3 is 10.1 Å². The molecule has 0 saturated carbocycles. The molecule has 0 radical (unpaired) electrons. The van der Waals surface area contributed by atoms with Crippen LogP contribution in [0, 0.1) is 0 Å². The second-order valence-electron chi connectivity index (χ2n) is 5.57. The van der Waals surface area contributed by atoms with E-state index in [1.54, 1.807) is 24.3 Å². The van der Waals surface area contributed by atoms with Crippen LogP contribution < -0.4 is 5.32 Å². The fraction of sp³-hybridized carbons (Fsp3) is 0.412. The minimum absolute atomic E-state index is 0.0924. The summed E-state index contributed by atoms with van der Waals surface area (Å²) < 4.78 is 4.96. The largest absolute Gasteiger partial charge is 0.455 e. The molecule has 7 heteroatoms. The summed E-state index contributed by atoms with van der Waals surface area (Å²) in [5.41, 5.74) is 0.769. The third kappa shape index (κ3) is 4.91. The number of hydrogen-bond donors (Lipinski definition) is 1. The van der Waals surface area contributed by atoms with Crippen molar-refractivity contribution in [3.8, 4) is 0 Å². The van der Waals surface area contributed by atoms with Crippen molar-refractivity contribution in [1.29, 1.82) is 0 Å². The molecule has 1 fully saturated rings. The lowest BCUT2D eigenvalue weighted by molar-refractivity contribution is -0.155. The Morgan fingerprint density at radius 1 is 1.25 bits per heavy atom. The molecule has 0 aromatic heterocycles. The Morgan fingerprint density at radius 2 is 1.96 bits per heavy atom. The van der Waals surface area contributed by atoms with E-state index in [4.69, 9.17) is 4.74 Å². The number of ether oxygens (including phenoxy) is 1. The number of esters is 1. The Labute approximate surface area is 140 Å². The molecule has 7 nitrogen and oxygen atoms in total. The smallest absolute Gasteiger partial charge is 0.308 e. The maximum absolute atomic E-state index is 12.0. The number of hydrogen-bond acceptors (Lipinski definition) is 5. The fourth-order valence-corrected chi connectivity index (χ4v) is 2.54. The van der Waals surface area contributed by atoms with Gasteiger partial charge in [-0.1, -0.05) is 30.3 Å². The van der Waals surface area contributed by atoms with E-state index in [1.807, 2.05) is 6.07 Å². The molecule has 3 amide bonds. The maximum atomic E-state index is 12.0. The van der Waals surface area contributed by atoms with Gasteiger partial charge in [0, 0.05) is 19.9 Å². The first-order valence-corrected chi connectivity index (χ1v) is 7.78. The van der Waals surface area contributed by atoms with E-state index >= 15 is 0 Å². The molecule has 128 valence electrons. The molecule has 0 bridgehead atoms. The van der Waals surface area contributed by atoms with Crippen LogP contribution in [-0.2, 0) is 23.9 Å². The van der Waals surface area contributed by atoms with Gasteiger partial charge in [-0.15, -0.1) is 0 Å². The number of amides is 3. The minimum Gasteiger partial charge on any atom is -0.455 e. The zero-order valence-corrected chi connectivity index (χ0v) is 13.5. The van der Waals surface area contributed by atoms with Crippen molar-refractivity contribution < 1.29 is 23.9 Å². The van der Waals surface area contributed by atoms with E-state index in [9.17, 15) is 19.2 Å². The highest BCUT2D eigenvalue weighted by Crippen LogP contribution is 2.17. The van der Waals surface area contributed by atoms with Crippen LogP contribution in [0.4, 0.5) is 0 Å². The number of imide groups is 1. The predicted octanol–water partition coefficient (Wildman–Crippen LogP) is 0.946. The zero-order valence-electron chi connectivity index (χ0n) is 13.5. The Hall–Kier alpha value is -2.70. The summed E-state index contributed by atoms with van der Waals surface area (Å²) in [6.07, 6.45) is 0.889. The third-order valence-corrected chi connectivity index (χ3v) is 3.68. The van der Waals surface area contributed by atoms with Gasteiger partial charge in [-0.3, -0.25) is 24.1 Å². The van der Waals surface area contributed by atoms with Gasteiger partial charge in [-0.2, -0.15) is 0 Å². The van der Waals surface area contributed by atoms with Gasteiger partial charge in [0.1, 0.15) is 0 Å². The summed E-state index contributed by atoms with van der Waals surface area (Å²) in [5.74, 6) is -1.63. The van der Waals surface area contributed by atoms with Crippen LogP contribution in [-0.4, -0.2) is 41.7 Å². The average molecular weight is 332 g/mol. The number of benzene rings is 1. The van der Waals surface area contributed by atoms with Crippen molar-refractivity contribution >= 4 is 23.7 Å². The molecule has 1 aliphatic heterocycles. The van der Waals surface area contributed by atoms with Gasteiger partial charge in [0.05, 0.1) is 12.5 Å². The number of rotatable bonds is 6. The summed E-state index contributed by atoms with van der Waals surface area (Å²) >= 11 is 0. The van der Waals surface area contributed by atoms with Gasteiger partial charge in [-0.05, 0) is 12.0 Å². The molecule has 0 unspecified atom stereocenters. The molecule has 0 spiro atoms. The summed E-state index contributed by atoms with van der Waals surface area (Å²) in [6, 6.07) is 8.50. The van der Waals surface area contributed by atoms with E-state index in [0.29, 0.717) is 19.4 Å². The highest BCUT2D eigenvalue weighted by molar-refractivity contribution is 5.97. The van der Waals surface area contributed by atoms with Gasteiger partial charge in [-0.25, -0.2) is 0 Å². The SMILES string of the molecule is CC(=O)N[C@H](CC(=O)OCC(=O)N1CCCC1=O)c1ccccc1. The predicted molar refractivity (Wildman–Crippen MR) is 84.5 cm³/mol. The monoisotopic (exact) mass is 332 g/mol. The Bertz CT molecular complexity index is 629. The molecular formula is C17H20N2O5. The van der Waals surface area contributed by atoms with Crippen LogP contribution in [0.5, 0.6) is 0 Å². The summed E-state index contributed by atoms with van der Waals surface area (Å²) in [4.78, 5) is 47.7. The second kappa shape index (κ2) is 8.24. The van der Waals surface area contributed by atoms with Crippen LogP contribution in [0.2, 0.25) is 0 Å². The summed E-state index contributed by atoms with van der Waals surface area (Å²) in [5, 5.41) is 2.69. The molecule has 0 aliphatic carbocycles. The molecule has 1 aromatic rings. The molecular weight excluding hydrogens is 312 g/mol. The number of carbonyl (C=O) groups excluding carboxylic acids is 4. The van der Waals surface area contributed by atoms with Gasteiger partial charge in [0.25, 0.3) is 5.91 Å². The van der Waals surface area contributed by atoms with Crippen molar-refractivity contribution in [3.05, 3.63) is 35.9 Å². The van der Waals surface area contributed by atoms with Gasteiger partial charge in [0.15, 0.2) is 6.61 Å². The Balaban J connectivity index is 1.89. The number of nitrogens with zero attached hydrogens (tertiary/aromatic N) is 1. The maximum Gasteiger partial charge on any atom is 0.308 e. The van der Waals surface area contributed by atoms with Crippen molar-refractivity contribution in [2.45, 2.75) is 32.2 Å². The van der Waals surface area contributed by atoms with E-state index in [1.165, 1.54) is 6.92 Å². The first-order chi connectivity index (χ1) is 11.5. The quantitative estimate of drug-likeness (QED) is 0.783. The first-order valence-electron chi connectivity index (χ1n) is 7.78. The van der Waals surface area contributed by atoms with E-state index in [-0.39, 0.29) is 18.2 Å². The highest BCUT2D eigenvalue weighted by atomic mass is 16.5. The van der Waals surface area contributed by atoms with Crippen LogP contribution in [0.15, 0.2) is 30.3 Å². The Morgan fingerprint density at radius 3 is 2.54 bits per heavy atom. The van der Waals surface area contributed by atoms with E-state index in [0.717, 1.165) is 10.5 Å². The van der Waals surface area contributed by atoms with Crippen molar-refractivity contribution in [1.82, 2.24) is 10.2 Å². The average Bonchev–Trinajstić information content (AvgIpc) is 2.98. The molecule has 1 aromatic carbocycles. The molecule has 2 rings (SSSR count). The van der Waals surface area contributed by atoms with Crippen molar-refractivity contribution in [3.63, 3.8) is 0 Å². The lowest BCUT2D eigenvalue weighted by Gasteiger charge is -2.18. The van der Waals surface area contributed by atoms with Crippen LogP contribution in [0.25, 0.3) is 0 Å². The Kier molecular flexibility index (Phi) is 6.06. The topological polar surface area (TPSA) is 92.8 Å². The molecule has 1 saturated heterocycles. The normalized spacial score (nSPS) is 15.0. The molecule has 1 heterocycles. The standard InChI is InChI=1S/C17H20N2O5/c1-12(20)18-14(13-6-3-2-4-7-13)10-17(23)24-11-16(22)19-9-5-8-15(19)21/h2-4,6-7,14H,5,8-11H2,1H3,(H,18,20)/t14-/m1/s1. The number of likely N-dealkylation sites (tertiary alicyclic amines) is 1. The van der Waals surface area contributed by atoms with Crippen LogP contribution >= 0.6 is 0 Å².